The van der Waals surface area contributed by atoms with Crippen molar-refractivity contribution in [3.05, 3.63) is 58.9 Å². The van der Waals surface area contributed by atoms with Gasteiger partial charge in [0.25, 0.3) is 11.5 Å². The molecule has 146 valence electrons. The Balaban J connectivity index is 1.70. The zero-order chi connectivity index (χ0) is 20.1. The maximum absolute atomic E-state index is 12.6. The van der Waals surface area contributed by atoms with Gasteiger partial charge in [0, 0.05) is 11.4 Å². The Morgan fingerprint density at radius 3 is 2.61 bits per heavy atom. The fraction of sp³-hybridized carbons (Fsp3) is 0.250. The highest BCUT2D eigenvalue weighted by molar-refractivity contribution is 8.00. The number of thioether (sulfide) groups is 1. The van der Waals surface area contributed by atoms with Crippen LogP contribution >= 0.6 is 11.8 Å². The van der Waals surface area contributed by atoms with Crippen LogP contribution in [0.1, 0.15) is 13.8 Å². The normalized spacial score (nSPS) is 11.8. The topological polar surface area (TPSA) is 85.2 Å². The van der Waals surface area contributed by atoms with Gasteiger partial charge >= 0.3 is 0 Å². The molecule has 1 unspecified atom stereocenters. The molecule has 1 aromatic heterocycles. The minimum Gasteiger partial charge on any atom is -0.497 e. The monoisotopic (exact) mass is 398 g/mol. The van der Waals surface area contributed by atoms with Crippen LogP contribution in [0.3, 0.4) is 0 Å². The van der Waals surface area contributed by atoms with E-state index >= 15 is 0 Å². The van der Waals surface area contributed by atoms with Crippen molar-refractivity contribution in [2.75, 3.05) is 12.5 Å². The average Bonchev–Trinajstić information content (AvgIpc) is 2.72. The van der Waals surface area contributed by atoms with E-state index in [4.69, 9.17) is 4.74 Å². The number of rotatable bonds is 7. The standard InChI is InChI=1S/C20H22N4O3S/c1-4-24-19(26)16-7-5-6-8-17(16)21-20(24)23-22-18(25)13(2)28-15-11-9-14(27-3)10-12-15/h5-13H,4H2,1-3H3,(H,21,23)(H,22,25). The van der Waals surface area contributed by atoms with Crippen LogP contribution in [0.15, 0.2) is 58.2 Å². The molecule has 1 heterocycles. The van der Waals surface area contributed by atoms with Gasteiger partial charge in [-0.15, -0.1) is 11.8 Å². The molecule has 0 aliphatic heterocycles. The lowest BCUT2D eigenvalue weighted by Gasteiger charge is -2.16. The van der Waals surface area contributed by atoms with E-state index in [1.165, 1.54) is 16.3 Å². The van der Waals surface area contributed by atoms with Gasteiger partial charge < -0.3 is 4.74 Å². The Morgan fingerprint density at radius 1 is 1.21 bits per heavy atom. The number of anilines is 1. The summed E-state index contributed by atoms with van der Waals surface area (Å²) in [4.78, 5) is 30.5. The number of hydrazine groups is 1. The molecule has 3 rings (SSSR count). The van der Waals surface area contributed by atoms with Gasteiger partial charge in [0.2, 0.25) is 5.95 Å². The second-order valence-electron chi connectivity index (χ2n) is 6.05. The third kappa shape index (κ3) is 4.28. The molecule has 0 fully saturated rings. The molecule has 3 aromatic rings. The van der Waals surface area contributed by atoms with E-state index in [1.807, 2.05) is 44.2 Å². The smallest absolute Gasteiger partial charge is 0.262 e. The van der Waals surface area contributed by atoms with Gasteiger partial charge in [-0.2, -0.15) is 0 Å². The molecule has 0 saturated heterocycles. The summed E-state index contributed by atoms with van der Waals surface area (Å²) in [5, 5.41) is 0.202. The number of hydrogen-bond donors (Lipinski definition) is 2. The quantitative estimate of drug-likeness (QED) is 0.470. The SMILES string of the molecule is CCn1c(NNC(=O)C(C)Sc2ccc(OC)cc2)nc2ccccc2c1=O. The largest absolute Gasteiger partial charge is 0.497 e. The lowest BCUT2D eigenvalue weighted by molar-refractivity contribution is -0.119. The molecule has 0 aliphatic carbocycles. The zero-order valence-electron chi connectivity index (χ0n) is 15.9. The predicted octanol–water partition coefficient (Wildman–Crippen LogP) is 3.05. The molecule has 2 aromatic carbocycles. The number of nitrogens with one attached hydrogen (secondary N) is 2. The Morgan fingerprint density at radius 2 is 1.93 bits per heavy atom. The van der Waals surface area contributed by atoms with Crippen molar-refractivity contribution in [2.24, 2.45) is 0 Å². The number of carbonyl (C=O) groups excluding carboxylic acids is 1. The average molecular weight is 398 g/mol. The number of ether oxygens (including phenoxy) is 1. The van der Waals surface area contributed by atoms with Gasteiger partial charge in [0.05, 0.1) is 23.3 Å². The van der Waals surface area contributed by atoms with Gasteiger partial charge in [-0.05, 0) is 50.2 Å². The first-order valence-corrected chi connectivity index (χ1v) is 9.77. The zero-order valence-corrected chi connectivity index (χ0v) is 16.7. The predicted molar refractivity (Wildman–Crippen MR) is 112 cm³/mol. The molecule has 0 saturated carbocycles. The van der Waals surface area contributed by atoms with Crippen LogP contribution in [0, 0.1) is 0 Å². The molecule has 1 atom stereocenters. The summed E-state index contributed by atoms with van der Waals surface area (Å²) in [6.45, 7) is 4.10. The molecular weight excluding hydrogens is 376 g/mol. The lowest BCUT2D eigenvalue weighted by atomic mass is 10.2. The third-order valence-corrected chi connectivity index (χ3v) is 5.33. The van der Waals surface area contributed by atoms with E-state index < -0.39 is 0 Å². The van der Waals surface area contributed by atoms with Crippen LogP contribution in [0.25, 0.3) is 10.9 Å². The Labute approximate surface area is 167 Å². The molecule has 1 amide bonds. The van der Waals surface area contributed by atoms with Gasteiger partial charge in [-0.1, -0.05) is 12.1 Å². The number of aromatic nitrogens is 2. The Bertz CT molecular complexity index is 1030. The van der Waals surface area contributed by atoms with Crippen molar-refractivity contribution >= 4 is 34.5 Å². The van der Waals surface area contributed by atoms with Crippen molar-refractivity contribution in [1.82, 2.24) is 15.0 Å². The maximum atomic E-state index is 12.6. The van der Waals surface area contributed by atoms with Crippen molar-refractivity contribution in [1.29, 1.82) is 0 Å². The van der Waals surface area contributed by atoms with Crippen molar-refractivity contribution in [2.45, 2.75) is 30.5 Å². The molecule has 0 aliphatic rings. The molecular formula is C20H22N4O3S. The molecule has 8 heteroatoms. The number of nitrogens with zero attached hydrogens (tertiary/aromatic N) is 2. The molecule has 28 heavy (non-hydrogen) atoms. The van der Waals surface area contributed by atoms with Crippen molar-refractivity contribution in [3.63, 3.8) is 0 Å². The highest BCUT2D eigenvalue weighted by Gasteiger charge is 2.16. The van der Waals surface area contributed by atoms with Crippen LogP contribution in [0.5, 0.6) is 5.75 Å². The molecule has 0 radical (unpaired) electrons. The molecule has 2 N–H and O–H groups in total. The van der Waals surface area contributed by atoms with E-state index in [-0.39, 0.29) is 16.7 Å². The van der Waals surface area contributed by atoms with Crippen LogP contribution in [0.4, 0.5) is 5.95 Å². The van der Waals surface area contributed by atoms with Gasteiger partial charge in [-0.3, -0.25) is 25.0 Å². The molecule has 0 bridgehead atoms. The highest BCUT2D eigenvalue weighted by atomic mass is 32.2. The summed E-state index contributed by atoms with van der Waals surface area (Å²) in [5.41, 5.74) is 5.88. The van der Waals surface area contributed by atoms with E-state index in [1.54, 1.807) is 25.3 Å². The van der Waals surface area contributed by atoms with E-state index in [0.717, 1.165) is 10.6 Å². The fourth-order valence-electron chi connectivity index (χ4n) is 2.69. The minimum absolute atomic E-state index is 0.148. The maximum Gasteiger partial charge on any atom is 0.262 e. The number of carbonyl (C=O) groups is 1. The Hall–Kier alpha value is -3.00. The molecule has 0 spiro atoms. The summed E-state index contributed by atoms with van der Waals surface area (Å²) in [6, 6.07) is 14.6. The van der Waals surface area contributed by atoms with Crippen LogP contribution < -0.4 is 21.1 Å². The number of fused-ring (bicyclic) bond motifs is 1. The summed E-state index contributed by atoms with van der Waals surface area (Å²) in [7, 11) is 1.61. The van der Waals surface area contributed by atoms with Gasteiger partial charge in [0.1, 0.15) is 5.75 Å². The van der Waals surface area contributed by atoms with Crippen molar-refractivity contribution in [3.8, 4) is 5.75 Å². The number of para-hydroxylation sites is 1. The second-order valence-corrected chi connectivity index (χ2v) is 7.47. The first kappa shape index (κ1) is 19.8. The summed E-state index contributed by atoms with van der Waals surface area (Å²) in [5.74, 6) is 0.857. The first-order valence-electron chi connectivity index (χ1n) is 8.89. The lowest BCUT2D eigenvalue weighted by Crippen LogP contribution is -2.38. The van der Waals surface area contributed by atoms with Crippen LogP contribution in [-0.4, -0.2) is 27.8 Å². The second kappa shape index (κ2) is 8.79. The van der Waals surface area contributed by atoms with Crippen LogP contribution in [-0.2, 0) is 11.3 Å². The summed E-state index contributed by atoms with van der Waals surface area (Å²) in [6.07, 6.45) is 0. The van der Waals surface area contributed by atoms with E-state index in [2.05, 4.69) is 15.8 Å². The minimum atomic E-state index is -0.344. The number of amides is 1. The van der Waals surface area contributed by atoms with E-state index in [9.17, 15) is 9.59 Å². The highest BCUT2D eigenvalue weighted by Crippen LogP contribution is 2.25. The molecule has 7 nitrogen and oxygen atoms in total. The number of hydrogen-bond acceptors (Lipinski definition) is 6. The fourth-order valence-corrected chi connectivity index (χ4v) is 3.56. The Kier molecular flexibility index (Phi) is 6.20. The third-order valence-electron chi connectivity index (χ3n) is 4.22. The number of methoxy groups -OCH3 is 1. The van der Waals surface area contributed by atoms with Gasteiger partial charge in [-0.25, -0.2) is 4.98 Å². The van der Waals surface area contributed by atoms with Gasteiger partial charge in [0.15, 0.2) is 0 Å². The van der Waals surface area contributed by atoms with Crippen LogP contribution in [0.2, 0.25) is 0 Å². The summed E-state index contributed by atoms with van der Waals surface area (Å²) < 4.78 is 6.63. The van der Waals surface area contributed by atoms with E-state index in [0.29, 0.717) is 23.4 Å². The summed E-state index contributed by atoms with van der Waals surface area (Å²) >= 11 is 1.43. The first-order chi connectivity index (χ1) is 13.5. The van der Waals surface area contributed by atoms with Crippen molar-refractivity contribution < 1.29 is 9.53 Å². The number of benzene rings is 2.